The second-order valence-corrected chi connectivity index (χ2v) is 5.22. The molecular formula is C13H7ClF7N3O. The highest BCUT2D eigenvalue weighted by atomic mass is 35.5. The molecule has 0 atom stereocenters. The van der Waals surface area contributed by atoms with Crippen LogP contribution in [-0.4, -0.2) is 15.7 Å². The standard InChI is InChI=1S/C13H7ClF7N3O/c1-4-5(14)2-24(23-4)3-6(25)22-12-10(17)8(15)7(13(19,20)21)9(16)11(12)18/h2H,3H2,1H3,(H,22,25). The summed E-state index contributed by atoms with van der Waals surface area (Å²) in [5.41, 5.74) is -4.07. The molecule has 25 heavy (non-hydrogen) atoms. The lowest BCUT2D eigenvalue weighted by Crippen LogP contribution is -2.23. The average molecular weight is 390 g/mol. The first-order valence-corrected chi connectivity index (χ1v) is 6.73. The molecule has 1 heterocycles. The van der Waals surface area contributed by atoms with Crippen molar-refractivity contribution in [3.8, 4) is 0 Å². The zero-order chi connectivity index (χ0) is 19.1. The zero-order valence-corrected chi connectivity index (χ0v) is 12.9. The fourth-order valence-corrected chi connectivity index (χ4v) is 2.04. The number of carbonyl (C=O) groups is 1. The van der Waals surface area contributed by atoms with Gasteiger partial charge in [-0.25, -0.2) is 17.6 Å². The van der Waals surface area contributed by atoms with Gasteiger partial charge in [-0.3, -0.25) is 9.48 Å². The van der Waals surface area contributed by atoms with Crippen LogP contribution in [0.25, 0.3) is 0 Å². The van der Waals surface area contributed by atoms with Crippen molar-refractivity contribution >= 4 is 23.2 Å². The third-order valence-electron chi connectivity index (χ3n) is 3.00. The van der Waals surface area contributed by atoms with E-state index in [2.05, 4.69) is 5.10 Å². The second-order valence-electron chi connectivity index (χ2n) is 4.81. The van der Waals surface area contributed by atoms with E-state index in [1.807, 2.05) is 0 Å². The maximum atomic E-state index is 13.7. The summed E-state index contributed by atoms with van der Waals surface area (Å²) >= 11 is 5.68. The third kappa shape index (κ3) is 3.70. The SMILES string of the molecule is Cc1nn(CC(=O)Nc2c(F)c(F)c(C(F)(F)F)c(F)c2F)cc1Cl. The van der Waals surface area contributed by atoms with Gasteiger partial charge >= 0.3 is 6.18 Å². The van der Waals surface area contributed by atoms with Gasteiger partial charge in [0, 0.05) is 6.20 Å². The van der Waals surface area contributed by atoms with Crippen LogP contribution in [0.2, 0.25) is 5.02 Å². The Morgan fingerprint density at radius 1 is 1.16 bits per heavy atom. The van der Waals surface area contributed by atoms with Gasteiger partial charge in [-0.2, -0.15) is 18.3 Å². The molecule has 1 amide bonds. The van der Waals surface area contributed by atoms with E-state index in [1.165, 1.54) is 18.4 Å². The van der Waals surface area contributed by atoms with Crippen LogP contribution in [0.3, 0.4) is 0 Å². The number of nitrogens with zero attached hydrogens (tertiary/aromatic N) is 2. The number of hydrogen-bond donors (Lipinski definition) is 1. The molecule has 0 bridgehead atoms. The van der Waals surface area contributed by atoms with Crippen LogP contribution in [-0.2, 0) is 17.5 Å². The molecule has 0 saturated heterocycles. The summed E-state index contributed by atoms with van der Waals surface area (Å²) in [6.45, 7) is 0.841. The van der Waals surface area contributed by atoms with Gasteiger partial charge in [-0.1, -0.05) is 11.6 Å². The van der Waals surface area contributed by atoms with Gasteiger partial charge in [-0.05, 0) is 6.92 Å². The topological polar surface area (TPSA) is 46.9 Å². The summed E-state index contributed by atoms with van der Waals surface area (Å²) in [6.07, 6.45) is -4.47. The van der Waals surface area contributed by atoms with Crippen LogP contribution < -0.4 is 5.32 Å². The zero-order valence-electron chi connectivity index (χ0n) is 12.1. The lowest BCUT2D eigenvalue weighted by Gasteiger charge is -2.14. The maximum Gasteiger partial charge on any atom is 0.422 e. The normalized spacial score (nSPS) is 11.7. The van der Waals surface area contributed by atoms with Gasteiger partial charge in [0.25, 0.3) is 0 Å². The number of carbonyl (C=O) groups excluding carboxylic acids is 1. The van der Waals surface area contributed by atoms with Crippen LogP contribution in [0.5, 0.6) is 0 Å². The Bertz CT molecular complexity index is 799. The van der Waals surface area contributed by atoms with E-state index in [0.29, 0.717) is 5.69 Å². The Labute approximate surface area is 140 Å². The number of nitrogens with one attached hydrogen (secondary N) is 1. The number of benzene rings is 1. The molecule has 136 valence electrons. The summed E-state index contributed by atoms with van der Waals surface area (Å²) in [5.74, 6) is -11.3. The molecule has 0 aliphatic heterocycles. The van der Waals surface area contributed by atoms with Gasteiger partial charge in [-0.15, -0.1) is 0 Å². The number of rotatable bonds is 3. The first-order valence-electron chi connectivity index (χ1n) is 6.36. The molecule has 0 spiro atoms. The molecule has 0 aliphatic rings. The predicted molar refractivity (Wildman–Crippen MR) is 71.9 cm³/mol. The lowest BCUT2D eigenvalue weighted by atomic mass is 10.1. The summed E-state index contributed by atoms with van der Waals surface area (Å²) in [7, 11) is 0. The Balaban J connectivity index is 2.35. The molecule has 1 aromatic heterocycles. The van der Waals surface area contributed by atoms with Crippen molar-refractivity contribution in [3.05, 3.63) is 45.7 Å². The molecular weight excluding hydrogens is 383 g/mol. The predicted octanol–water partition coefficient (Wildman–Crippen LogP) is 4.06. The molecule has 4 nitrogen and oxygen atoms in total. The molecule has 0 aliphatic carbocycles. The van der Waals surface area contributed by atoms with Crippen LogP contribution in [0.4, 0.5) is 36.4 Å². The smallest absolute Gasteiger partial charge is 0.319 e. The van der Waals surface area contributed by atoms with Crippen molar-refractivity contribution in [2.45, 2.75) is 19.6 Å². The van der Waals surface area contributed by atoms with Gasteiger partial charge < -0.3 is 5.32 Å². The minimum Gasteiger partial charge on any atom is -0.319 e. The Morgan fingerprint density at radius 2 is 1.68 bits per heavy atom. The number of anilines is 1. The van der Waals surface area contributed by atoms with Crippen molar-refractivity contribution < 1.29 is 35.5 Å². The third-order valence-corrected chi connectivity index (χ3v) is 3.37. The van der Waals surface area contributed by atoms with E-state index in [9.17, 15) is 35.5 Å². The van der Waals surface area contributed by atoms with E-state index < -0.39 is 53.1 Å². The minimum absolute atomic E-state index is 0.178. The fraction of sp³-hybridized carbons (Fsp3) is 0.231. The molecule has 1 aromatic carbocycles. The van der Waals surface area contributed by atoms with Crippen molar-refractivity contribution in [1.29, 1.82) is 0 Å². The molecule has 0 unspecified atom stereocenters. The van der Waals surface area contributed by atoms with E-state index in [-0.39, 0.29) is 5.02 Å². The number of alkyl halides is 3. The fourth-order valence-electron chi connectivity index (χ4n) is 1.89. The van der Waals surface area contributed by atoms with Crippen LogP contribution in [0, 0.1) is 30.2 Å². The van der Waals surface area contributed by atoms with Crippen molar-refractivity contribution in [2.24, 2.45) is 0 Å². The van der Waals surface area contributed by atoms with Crippen molar-refractivity contribution in [1.82, 2.24) is 9.78 Å². The Kier molecular flexibility index (Phi) is 4.98. The highest BCUT2D eigenvalue weighted by Crippen LogP contribution is 2.38. The Hall–Kier alpha value is -2.30. The molecule has 12 heteroatoms. The van der Waals surface area contributed by atoms with Crippen LogP contribution in [0.1, 0.15) is 11.3 Å². The first kappa shape index (κ1) is 19.0. The number of aryl methyl sites for hydroxylation is 1. The van der Waals surface area contributed by atoms with E-state index in [0.717, 1.165) is 4.68 Å². The number of aromatic nitrogens is 2. The molecule has 0 saturated carbocycles. The largest absolute Gasteiger partial charge is 0.422 e. The molecule has 2 aromatic rings. The highest BCUT2D eigenvalue weighted by Gasteiger charge is 2.42. The maximum absolute atomic E-state index is 13.7. The monoisotopic (exact) mass is 389 g/mol. The molecule has 0 fully saturated rings. The van der Waals surface area contributed by atoms with Crippen LogP contribution in [0.15, 0.2) is 6.20 Å². The second kappa shape index (κ2) is 6.54. The van der Waals surface area contributed by atoms with E-state index in [4.69, 9.17) is 11.6 Å². The van der Waals surface area contributed by atoms with Crippen molar-refractivity contribution in [3.63, 3.8) is 0 Å². The number of hydrogen-bond acceptors (Lipinski definition) is 2. The first-order chi connectivity index (χ1) is 11.4. The molecule has 2 rings (SSSR count). The van der Waals surface area contributed by atoms with Crippen LogP contribution >= 0.6 is 11.6 Å². The van der Waals surface area contributed by atoms with E-state index in [1.54, 1.807) is 0 Å². The minimum atomic E-state index is -5.66. The lowest BCUT2D eigenvalue weighted by molar-refractivity contribution is -0.143. The van der Waals surface area contributed by atoms with Gasteiger partial charge in [0.2, 0.25) is 5.91 Å². The van der Waals surface area contributed by atoms with Gasteiger partial charge in [0.15, 0.2) is 23.3 Å². The summed E-state index contributed by atoms with van der Waals surface area (Å²) in [4.78, 5) is 11.7. The van der Waals surface area contributed by atoms with Crippen molar-refractivity contribution in [2.75, 3.05) is 5.32 Å². The summed E-state index contributed by atoms with van der Waals surface area (Å²) in [5, 5.41) is 5.41. The average Bonchev–Trinajstić information content (AvgIpc) is 2.78. The number of halogens is 8. The quantitative estimate of drug-likeness (QED) is 0.636. The molecule has 1 N–H and O–H groups in total. The highest BCUT2D eigenvalue weighted by molar-refractivity contribution is 6.31. The Morgan fingerprint density at radius 3 is 2.08 bits per heavy atom. The number of amides is 1. The summed E-state index contributed by atoms with van der Waals surface area (Å²) in [6, 6.07) is 0. The van der Waals surface area contributed by atoms with Gasteiger partial charge in [0.05, 0.1) is 10.7 Å². The molecule has 0 radical (unpaired) electrons. The van der Waals surface area contributed by atoms with E-state index >= 15 is 0 Å². The summed E-state index contributed by atoms with van der Waals surface area (Å²) < 4.78 is 92.6. The van der Waals surface area contributed by atoms with Gasteiger partial charge in [0.1, 0.15) is 17.8 Å².